The van der Waals surface area contributed by atoms with Crippen molar-refractivity contribution in [3.8, 4) is 11.5 Å². The summed E-state index contributed by atoms with van der Waals surface area (Å²) in [5.41, 5.74) is 57.4. The predicted molar refractivity (Wildman–Crippen MR) is 441 cm³/mol. The van der Waals surface area contributed by atoms with Gasteiger partial charge < -0.3 is 11.1 Å². The molecule has 104 heavy (non-hydrogen) atoms. The van der Waals surface area contributed by atoms with Gasteiger partial charge in [0.1, 0.15) is 0 Å². The van der Waals surface area contributed by atoms with Crippen molar-refractivity contribution in [2.75, 3.05) is 0 Å². The van der Waals surface area contributed by atoms with Gasteiger partial charge in [-0.05, 0) is 244 Å². The van der Waals surface area contributed by atoms with Gasteiger partial charge in [0.2, 0.25) is 22.8 Å². The molecule has 0 amide bonds. The molecule has 0 aliphatic carbocycles. The van der Waals surface area contributed by atoms with Crippen LogP contribution in [0.25, 0.3) is 33.9 Å². The molecule has 574 valence electrons. The molecule has 0 aromatic heterocycles. The summed E-state index contributed by atoms with van der Waals surface area (Å²) < 4.78 is 13.9. The molecule has 2 aliphatic rings. The van der Waals surface area contributed by atoms with E-state index in [1.54, 1.807) is 20.5 Å². The van der Waals surface area contributed by atoms with Crippen molar-refractivity contribution in [1.29, 1.82) is 0 Å². The number of aryl methyl sites for hydroxylation is 8. The first-order valence-electron chi connectivity index (χ1n) is 41.9. The summed E-state index contributed by atoms with van der Waals surface area (Å²) in [4.78, 5) is 0. The molecule has 6 aromatic carbocycles. The summed E-state index contributed by atoms with van der Waals surface area (Å²) in [5, 5.41) is 0. The number of unbranched alkanes of at least 4 members (excludes halogenated alkanes) is 10. The van der Waals surface area contributed by atoms with Crippen molar-refractivity contribution >= 4 is 22.8 Å². The van der Waals surface area contributed by atoms with E-state index in [0.717, 1.165) is 191 Å². The Bertz CT molecular complexity index is 3490. The Hall–Kier alpha value is -5.93. The number of hydrogen-bond donors (Lipinski definition) is 0. The number of hydrogen-bond acceptors (Lipinski definition) is 2. The summed E-state index contributed by atoms with van der Waals surface area (Å²) in [6.45, 7) is 36.7. The van der Waals surface area contributed by atoms with E-state index in [-0.39, 0.29) is 16.5 Å². The van der Waals surface area contributed by atoms with Crippen LogP contribution in [0, 0.1) is 0 Å². The second kappa shape index (κ2) is 49.1. The monoisotopic (exact) mass is 1490 g/mol. The molecule has 0 bridgehead atoms. The predicted octanol–water partition coefficient (Wildman–Crippen LogP) is 29.0. The molecular weight excluding hydrogens is 1360 g/mol. The van der Waals surface area contributed by atoms with Crippen molar-refractivity contribution in [2.24, 2.45) is 0 Å². The van der Waals surface area contributed by atoms with Crippen LogP contribution in [0.2, 0.25) is 0 Å². The van der Waals surface area contributed by atoms with E-state index in [9.17, 15) is 11.1 Å². The minimum atomic E-state index is 0. The fraction of sp³-hybridized carbons (Fsp3) is 0.542. The van der Waals surface area contributed by atoms with Crippen LogP contribution in [0.15, 0.2) is 131 Å². The van der Waals surface area contributed by atoms with Gasteiger partial charge in [0.25, 0.3) is 0 Å². The first-order chi connectivity index (χ1) is 50.3. The van der Waals surface area contributed by atoms with Gasteiger partial charge in [-0.3, -0.25) is 0 Å². The summed E-state index contributed by atoms with van der Waals surface area (Å²) in [6, 6.07) is 38.5. The number of benzene rings is 6. The topological polar surface area (TPSA) is 69.1 Å². The molecule has 0 saturated heterocycles. The Morgan fingerprint density at radius 2 is 0.510 bits per heavy atom. The number of allylic oxidation sites excluding steroid dienone is 4. The molecule has 0 saturated carbocycles. The van der Waals surface area contributed by atoms with Gasteiger partial charge in [-0.25, -0.2) is 9.39 Å². The average Bonchev–Trinajstić information content (AvgIpc) is 1.60. The number of para-hydroxylation sites is 2. The fourth-order valence-electron chi connectivity index (χ4n) is 16.1. The second-order valence-corrected chi connectivity index (χ2v) is 29.6. The van der Waals surface area contributed by atoms with Crippen molar-refractivity contribution in [3.63, 3.8) is 0 Å². The maximum atomic E-state index is 12.6. The van der Waals surface area contributed by atoms with Crippen molar-refractivity contribution in [3.05, 3.63) is 232 Å². The molecular formula is C96H138N4Ni2O2. The van der Waals surface area contributed by atoms with Crippen LogP contribution in [0.5, 0.6) is 11.5 Å². The fourth-order valence-corrected chi connectivity index (χ4v) is 16.6. The zero-order valence-corrected chi connectivity index (χ0v) is 70.1. The molecule has 0 spiro atoms. The molecule has 2 aliphatic heterocycles. The molecule has 8 heteroatoms. The molecule has 0 unspecified atom stereocenters. The molecule has 6 nitrogen and oxygen atoms in total. The van der Waals surface area contributed by atoms with Crippen LogP contribution in [0.1, 0.15) is 354 Å². The summed E-state index contributed by atoms with van der Waals surface area (Å²) in [6.07, 6.45) is 41.1. The Morgan fingerprint density at radius 3 is 0.740 bits per heavy atom. The van der Waals surface area contributed by atoms with Crippen LogP contribution in [-0.4, -0.2) is 9.39 Å². The van der Waals surface area contributed by atoms with Crippen molar-refractivity contribution in [2.45, 2.75) is 342 Å². The maximum absolute atomic E-state index is 12.6. The second-order valence-electron chi connectivity index (χ2n) is 29.0. The third-order valence-electron chi connectivity index (χ3n) is 21.2. The molecule has 8 rings (SSSR count). The van der Waals surface area contributed by atoms with Gasteiger partial charge in [-0.1, -0.05) is 214 Å². The molecule has 0 fully saturated rings. The Kier molecular flexibility index (Phi) is 41.9. The summed E-state index contributed by atoms with van der Waals surface area (Å²) >= 11 is 0.777. The van der Waals surface area contributed by atoms with Crippen LogP contribution in [-0.2, 0) is 109 Å². The van der Waals surface area contributed by atoms with Crippen LogP contribution in [0.3, 0.4) is 0 Å². The van der Waals surface area contributed by atoms with Gasteiger partial charge in [0.05, 0.1) is 0 Å². The third-order valence-corrected chi connectivity index (χ3v) is 21.8. The van der Waals surface area contributed by atoms with E-state index in [0.29, 0.717) is 0 Å². The van der Waals surface area contributed by atoms with E-state index in [1.165, 1.54) is 190 Å². The van der Waals surface area contributed by atoms with E-state index in [2.05, 4.69) is 159 Å². The Labute approximate surface area is 652 Å². The van der Waals surface area contributed by atoms with E-state index in [1.807, 2.05) is 60.7 Å². The normalized spacial score (nSPS) is 12.9. The molecule has 2 heterocycles. The van der Waals surface area contributed by atoms with Gasteiger partial charge in [0, 0.05) is 61.0 Å². The molecule has 0 N–H and O–H groups in total. The number of rotatable bonds is 44. The summed E-state index contributed by atoms with van der Waals surface area (Å²) in [7, 11) is 0. The van der Waals surface area contributed by atoms with Crippen molar-refractivity contribution < 1.29 is 48.7 Å². The zero-order chi connectivity index (χ0) is 74.5. The number of nitrogens with zero attached hydrogens (tertiary/aromatic N) is 4. The zero-order valence-electron chi connectivity index (χ0n) is 68.1. The summed E-state index contributed by atoms with van der Waals surface area (Å²) in [5.74, 6) is 1.57. The first-order valence-corrected chi connectivity index (χ1v) is 42.7. The van der Waals surface area contributed by atoms with Crippen molar-refractivity contribution in [1.82, 2.24) is 0 Å². The van der Waals surface area contributed by atoms with Gasteiger partial charge >= 0.3 is 95.0 Å². The molecule has 0 atom stereocenters. The van der Waals surface area contributed by atoms with E-state index >= 15 is 0 Å². The van der Waals surface area contributed by atoms with Gasteiger partial charge in [-0.15, -0.1) is 0 Å². The average molecular weight is 1500 g/mol. The van der Waals surface area contributed by atoms with Crippen LogP contribution < -0.4 is 7.76 Å². The minimum absolute atomic E-state index is 0. The SMILES string of the molecule is CCCCCCC1=C(c2cc(CC)c(CC)c(CC)c2)[N+](=[N-])C(c2cc(CC)c(CC)c(CC)c2)=C1CCCC.CCCCCCC1=C(c2cc(CCC)c(CCC)c(CCC)c2)[N+](=[N-])C(c2cc(CCC)c(CCC)c(CCC)c2)=C1CCCCCC.[Ni].c1ccc([O][Ni][O]c2ccccc2)cc1. The van der Waals surface area contributed by atoms with Gasteiger partial charge in [0.15, 0.2) is 0 Å². The Morgan fingerprint density at radius 1 is 0.260 bits per heavy atom. The van der Waals surface area contributed by atoms with Crippen LogP contribution >= 0.6 is 0 Å². The van der Waals surface area contributed by atoms with E-state index in [4.69, 9.17) is 7.76 Å². The van der Waals surface area contributed by atoms with E-state index < -0.39 is 0 Å². The molecule has 0 radical (unpaired) electrons. The quantitative estimate of drug-likeness (QED) is 0.0217. The standard InChI is InChI=1S/C46H72N2.C38H56N2.2C6H6O.2Ni/c1-9-17-19-21-29-43-44(30-22-20-18-10-2)46(40-33-37(25-13-5)42(28-16-8)38(34-40)26-14-6)48(47)45(43)39-31-35(23-11-3)41(27-15-7)36(32-39)24-12-4;1-9-17-19-20-22-36-35(21-18-10-2)37(31-23-27(11-3)33(15-7)28(12-4)24-31)40(39)38(36)32-25-29(13-5)34(16-8)30(14-6)26-32;2*7-6-4-2-1-3-5-6;;/h31-34H,9-30H2,1-8H3;23-26H,9-22H2,1-8H3;2*1-5,7H;;/q;;;;;+2/p-2. The Balaban J connectivity index is 0.000000311. The van der Waals surface area contributed by atoms with Gasteiger partial charge in [-0.2, -0.15) is 0 Å². The first kappa shape index (κ1) is 88.7. The van der Waals surface area contributed by atoms with Crippen LogP contribution in [0.4, 0.5) is 0 Å². The molecule has 6 aromatic rings. The third kappa shape index (κ3) is 24.5.